The third-order valence-electron chi connectivity index (χ3n) is 3.65. The first-order valence-corrected chi connectivity index (χ1v) is 8.13. The second-order valence-electron chi connectivity index (χ2n) is 5.60. The van der Waals surface area contributed by atoms with Crippen LogP contribution in [0, 0.1) is 12.7 Å². The van der Waals surface area contributed by atoms with Crippen molar-refractivity contribution in [1.82, 2.24) is 10.6 Å². The van der Waals surface area contributed by atoms with E-state index >= 15 is 0 Å². The molecule has 0 bridgehead atoms. The minimum Gasteiger partial charge on any atom is -0.355 e. The van der Waals surface area contributed by atoms with Crippen LogP contribution in [0.3, 0.4) is 0 Å². The van der Waals surface area contributed by atoms with Gasteiger partial charge in [0.15, 0.2) is 0 Å². The van der Waals surface area contributed by atoms with Crippen LogP contribution in [-0.2, 0) is 4.79 Å². The number of rotatable bonds is 6. The van der Waals surface area contributed by atoms with E-state index in [1.54, 1.807) is 32.0 Å². The number of nitrogens with one attached hydrogen (secondary N) is 3. The standard InChI is InChI=1S/C19H20FN3O3/c1-3-21-17(24)11-22-18(25)13-9-8-12(2)16(10-13)23-19(26)14-6-4-5-7-15(14)20/h4-10H,3,11H2,1-2H3,(H,21,24)(H,22,25)(H,23,26). The van der Waals surface area contributed by atoms with Gasteiger partial charge in [-0.15, -0.1) is 0 Å². The van der Waals surface area contributed by atoms with Crippen LogP contribution in [-0.4, -0.2) is 30.8 Å². The Hall–Kier alpha value is -3.22. The molecule has 7 heteroatoms. The Morgan fingerprint density at radius 3 is 2.42 bits per heavy atom. The molecule has 0 saturated carbocycles. The lowest BCUT2D eigenvalue weighted by Gasteiger charge is -2.11. The molecule has 26 heavy (non-hydrogen) atoms. The number of aryl methyl sites for hydroxylation is 1. The molecule has 0 spiro atoms. The maximum absolute atomic E-state index is 13.7. The molecule has 0 radical (unpaired) electrons. The van der Waals surface area contributed by atoms with Crippen molar-refractivity contribution >= 4 is 23.4 Å². The summed E-state index contributed by atoms with van der Waals surface area (Å²) in [6.07, 6.45) is 0. The summed E-state index contributed by atoms with van der Waals surface area (Å²) < 4.78 is 13.7. The molecule has 2 aromatic carbocycles. The molecular formula is C19H20FN3O3. The van der Waals surface area contributed by atoms with Crippen molar-refractivity contribution in [2.24, 2.45) is 0 Å². The molecule has 0 heterocycles. The van der Waals surface area contributed by atoms with Crippen LogP contribution in [0.2, 0.25) is 0 Å². The second kappa shape index (κ2) is 8.75. The van der Waals surface area contributed by atoms with Gasteiger partial charge < -0.3 is 16.0 Å². The van der Waals surface area contributed by atoms with Gasteiger partial charge in [0, 0.05) is 17.8 Å². The van der Waals surface area contributed by atoms with Gasteiger partial charge in [0.2, 0.25) is 5.91 Å². The lowest BCUT2D eigenvalue weighted by atomic mass is 10.1. The second-order valence-corrected chi connectivity index (χ2v) is 5.60. The van der Waals surface area contributed by atoms with Gasteiger partial charge in [0.1, 0.15) is 5.82 Å². The Kier molecular flexibility index (Phi) is 6.43. The first kappa shape index (κ1) is 19.1. The van der Waals surface area contributed by atoms with Crippen LogP contribution in [0.4, 0.5) is 10.1 Å². The van der Waals surface area contributed by atoms with E-state index in [0.717, 1.165) is 5.56 Å². The topological polar surface area (TPSA) is 87.3 Å². The highest BCUT2D eigenvalue weighted by Crippen LogP contribution is 2.19. The molecule has 3 amide bonds. The summed E-state index contributed by atoms with van der Waals surface area (Å²) >= 11 is 0. The quantitative estimate of drug-likeness (QED) is 0.741. The number of likely N-dealkylation sites (N-methyl/N-ethyl adjacent to an activating group) is 1. The van der Waals surface area contributed by atoms with Gasteiger partial charge >= 0.3 is 0 Å². The summed E-state index contributed by atoms with van der Waals surface area (Å²) in [7, 11) is 0. The minimum absolute atomic E-state index is 0.0852. The summed E-state index contributed by atoms with van der Waals surface area (Å²) in [5.74, 6) is -1.97. The minimum atomic E-state index is -0.626. The van der Waals surface area contributed by atoms with Gasteiger partial charge in [0.25, 0.3) is 11.8 Å². The zero-order valence-corrected chi connectivity index (χ0v) is 14.6. The van der Waals surface area contributed by atoms with E-state index in [1.807, 2.05) is 0 Å². The molecule has 3 N–H and O–H groups in total. The number of hydrogen-bond donors (Lipinski definition) is 3. The highest BCUT2D eigenvalue weighted by Gasteiger charge is 2.14. The third-order valence-corrected chi connectivity index (χ3v) is 3.65. The van der Waals surface area contributed by atoms with Crippen molar-refractivity contribution in [3.8, 4) is 0 Å². The highest BCUT2D eigenvalue weighted by atomic mass is 19.1. The summed E-state index contributed by atoms with van der Waals surface area (Å²) in [5, 5.41) is 7.69. The van der Waals surface area contributed by atoms with Crippen LogP contribution in [0.15, 0.2) is 42.5 Å². The Bertz CT molecular complexity index is 837. The maximum atomic E-state index is 13.7. The zero-order chi connectivity index (χ0) is 19.1. The molecule has 136 valence electrons. The third kappa shape index (κ3) is 4.89. The average Bonchev–Trinajstić information content (AvgIpc) is 2.62. The van der Waals surface area contributed by atoms with Crippen LogP contribution in [0.5, 0.6) is 0 Å². The number of amides is 3. The number of carbonyl (C=O) groups excluding carboxylic acids is 3. The molecule has 0 aliphatic carbocycles. The fourth-order valence-corrected chi connectivity index (χ4v) is 2.26. The number of benzene rings is 2. The van der Waals surface area contributed by atoms with Crippen molar-refractivity contribution in [2.45, 2.75) is 13.8 Å². The van der Waals surface area contributed by atoms with Crippen molar-refractivity contribution < 1.29 is 18.8 Å². The van der Waals surface area contributed by atoms with E-state index in [1.165, 1.54) is 24.3 Å². The molecule has 0 atom stereocenters. The average molecular weight is 357 g/mol. The highest BCUT2D eigenvalue weighted by molar-refractivity contribution is 6.06. The Morgan fingerprint density at radius 2 is 1.73 bits per heavy atom. The molecular weight excluding hydrogens is 337 g/mol. The molecule has 0 saturated heterocycles. The van der Waals surface area contributed by atoms with Crippen LogP contribution >= 0.6 is 0 Å². The molecule has 2 aromatic rings. The van der Waals surface area contributed by atoms with Gasteiger partial charge in [-0.2, -0.15) is 0 Å². The lowest BCUT2D eigenvalue weighted by Crippen LogP contribution is -2.36. The Morgan fingerprint density at radius 1 is 1.00 bits per heavy atom. The van der Waals surface area contributed by atoms with E-state index in [2.05, 4.69) is 16.0 Å². The van der Waals surface area contributed by atoms with E-state index in [9.17, 15) is 18.8 Å². The SMILES string of the molecule is CCNC(=O)CNC(=O)c1ccc(C)c(NC(=O)c2ccccc2F)c1. The molecule has 6 nitrogen and oxygen atoms in total. The van der Waals surface area contributed by atoms with E-state index < -0.39 is 17.6 Å². The first-order valence-electron chi connectivity index (χ1n) is 8.13. The van der Waals surface area contributed by atoms with Crippen LogP contribution in [0.25, 0.3) is 0 Å². The Balaban J connectivity index is 2.12. The largest absolute Gasteiger partial charge is 0.355 e. The zero-order valence-electron chi connectivity index (χ0n) is 14.6. The molecule has 0 aliphatic rings. The monoisotopic (exact) mass is 357 g/mol. The van der Waals surface area contributed by atoms with E-state index in [0.29, 0.717) is 12.2 Å². The predicted molar refractivity (Wildman–Crippen MR) is 96.5 cm³/mol. The molecule has 2 rings (SSSR count). The summed E-state index contributed by atoms with van der Waals surface area (Å²) in [6.45, 7) is 3.88. The fourth-order valence-electron chi connectivity index (χ4n) is 2.26. The smallest absolute Gasteiger partial charge is 0.258 e. The maximum Gasteiger partial charge on any atom is 0.258 e. The summed E-state index contributed by atoms with van der Waals surface area (Å²) in [6, 6.07) is 10.4. The van der Waals surface area contributed by atoms with Crippen LogP contribution < -0.4 is 16.0 Å². The van der Waals surface area contributed by atoms with Crippen molar-refractivity contribution in [2.75, 3.05) is 18.4 Å². The number of anilines is 1. The van der Waals surface area contributed by atoms with Gasteiger partial charge in [0.05, 0.1) is 12.1 Å². The van der Waals surface area contributed by atoms with Crippen molar-refractivity contribution in [3.63, 3.8) is 0 Å². The number of halogens is 1. The molecule has 0 aromatic heterocycles. The summed E-state index contributed by atoms with van der Waals surface area (Å²) in [5.41, 5.74) is 1.31. The number of hydrogen-bond acceptors (Lipinski definition) is 3. The van der Waals surface area contributed by atoms with Crippen LogP contribution in [0.1, 0.15) is 33.2 Å². The summed E-state index contributed by atoms with van der Waals surface area (Å²) in [4.78, 5) is 35.8. The molecule has 0 unspecified atom stereocenters. The predicted octanol–water partition coefficient (Wildman–Crippen LogP) is 2.25. The van der Waals surface area contributed by atoms with E-state index in [4.69, 9.17) is 0 Å². The van der Waals surface area contributed by atoms with E-state index in [-0.39, 0.29) is 23.6 Å². The molecule has 0 aliphatic heterocycles. The first-order chi connectivity index (χ1) is 12.4. The fraction of sp³-hybridized carbons (Fsp3) is 0.211. The van der Waals surface area contributed by atoms with Gasteiger partial charge in [-0.1, -0.05) is 18.2 Å². The molecule has 0 fully saturated rings. The lowest BCUT2D eigenvalue weighted by molar-refractivity contribution is -0.120. The van der Waals surface area contributed by atoms with Gasteiger partial charge in [-0.25, -0.2) is 4.39 Å². The van der Waals surface area contributed by atoms with Gasteiger partial charge in [-0.3, -0.25) is 14.4 Å². The normalized spacial score (nSPS) is 10.1. The van der Waals surface area contributed by atoms with Crippen molar-refractivity contribution in [3.05, 3.63) is 65.0 Å². The Labute approximate surface area is 150 Å². The number of carbonyl (C=O) groups is 3. The van der Waals surface area contributed by atoms with Crippen molar-refractivity contribution in [1.29, 1.82) is 0 Å². The van der Waals surface area contributed by atoms with Gasteiger partial charge in [-0.05, 0) is 43.7 Å².